The summed E-state index contributed by atoms with van der Waals surface area (Å²) in [6.45, 7) is 3.85. The average molecular weight is 396 g/mol. The molecule has 1 aromatic heterocycles. The summed E-state index contributed by atoms with van der Waals surface area (Å²) < 4.78 is 5.20. The van der Waals surface area contributed by atoms with Crippen LogP contribution in [0.3, 0.4) is 0 Å². The van der Waals surface area contributed by atoms with Crippen LogP contribution in [0, 0.1) is 0 Å². The number of esters is 1. The maximum absolute atomic E-state index is 12.5. The summed E-state index contributed by atoms with van der Waals surface area (Å²) in [5.41, 5.74) is 4.20. The lowest BCUT2D eigenvalue weighted by Crippen LogP contribution is -2.33. The summed E-state index contributed by atoms with van der Waals surface area (Å²) in [6.07, 6.45) is 0. The average Bonchev–Trinajstić information content (AvgIpc) is 3.08. The lowest BCUT2D eigenvalue weighted by molar-refractivity contribution is -0.138. The van der Waals surface area contributed by atoms with Crippen LogP contribution in [-0.4, -0.2) is 23.4 Å². The number of aromatic nitrogens is 1. The minimum atomic E-state index is -0.596. The summed E-state index contributed by atoms with van der Waals surface area (Å²) >= 11 is 13.8. The largest absolute Gasteiger partial charge is 0.463 e. The van der Waals surface area contributed by atoms with Crippen LogP contribution in [0.15, 0.2) is 45.4 Å². The van der Waals surface area contributed by atoms with Crippen molar-refractivity contribution in [3.05, 3.63) is 61.7 Å². The van der Waals surface area contributed by atoms with E-state index >= 15 is 0 Å². The van der Waals surface area contributed by atoms with Gasteiger partial charge < -0.3 is 10.1 Å². The minimum Gasteiger partial charge on any atom is -0.463 e. The van der Waals surface area contributed by atoms with Crippen molar-refractivity contribution in [1.82, 2.24) is 10.3 Å². The van der Waals surface area contributed by atoms with Crippen LogP contribution in [-0.2, 0) is 9.53 Å². The van der Waals surface area contributed by atoms with Crippen LogP contribution in [0.25, 0.3) is 0 Å². The van der Waals surface area contributed by atoms with Crippen molar-refractivity contribution in [2.24, 2.45) is 4.99 Å². The number of hydrogen-bond acceptors (Lipinski definition) is 6. The van der Waals surface area contributed by atoms with E-state index < -0.39 is 12.0 Å². The molecule has 5 nitrogen and oxygen atoms in total. The number of rotatable bonds is 4. The van der Waals surface area contributed by atoms with Gasteiger partial charge in [0.1, 0.15) is 11.7 Å². The topological polar surface area (TPSA) is 63.6 Å². The van der Waals surface area contributed by atoms with E-state index in [9.17, 15) is 4.79 Å². The molecular formula is C17H15Cl2N3O2S. The highest BCUT2D eigenvalue weighted by molar-refractivity contribution is 7.07. The molecule has 1 aliphatic heterocycles. The molecule has 1 aromatic carbocycles. The second-order valence-electron chi connectivity index (χ2n) is 5.30. The van der Waals surface area contributed by atoms with Gasteiger partial charge in [-0.1, -0.05) is 29.3 Å². The Morgan fingerprint density at radius 3 is 2.84 bits per heavy atom. The van der Waals surface area contributed by atoms with Crippen molar-refractivity contribution in [2.45, 2.75) is 19.9 Å². The second-order valence-corrected chi connectivity index (χ2v) is 6.87. The van der Waals surface area contributed by atoms with Gasteiger partial charge in [-0.25, -0.2) is 9.78 Å². The Labute approximate surface area is 159 Å². The molecule has 0 amide bonds. The molecule has 1 N–H and O–H groups in total. The zero-order valence-electron chi connectivity index (χ0n) is 13.5. The van der Waals surface area contributed by atoms with Crippen molar-refractivity contribution in [3.8, 4) is 0 Å². The summed E-state index contributed by atoms with van der Waals surface area (Å²) in [4.78, 5) is 21.5. The monoisotopic (exact) mass is 395 g/mol. The van der Waals surface area contributed by atoms with E-state index in [2.05, 4.69) is 15.3 Å². The molecule has 25 heavy (non-hydrogen) atoms. The van der Waals surface area contributed by atoms with Crippen LogP contribution in [0.2, 0.25) is 10.0 Å². The Kier molecular flexibility index (Phi) is 5.42. The maximum atomic E-state index is 12.5. The number of aliphatic imine (C=N–C) groups is 1. The number of carbonyl (C=O) groups is 1. The number of thiazole rings is 1. The van der Waals surface area contributed by atoms with Gasteiger partial charge in [-0.05, 0) is 26.0 Å². The molecule has 1 aliphatic rings. The van der Waals surface area contributed by atoms with Gasteiger partial charge in [-0.2, -0.15) is 0 Å². The molecule has 1 atom stereocenters. The zero-order chi connectivity index (χ0) is 18.0. The third-order valence-corrected chi connectivity index (χ3v) is 4.82. The Hall–Kier alpha value is -1.89. The highest BCUT2D eigenvalue weighted by atomic mass is 35.5. The minimum absolute atomic E-state index is 0.277. The third-order valence-electron chi connectivity index (χ3n) is 3.67. The number of halogens is 2. The Morgan fingerprint density at radius 2 is 2.20 bits per heavy atom. The number of benzene rings is 1. The lowest BCUT2D eigenvalue weighted by atomic mass is 9.96. The van der Waals surface area contributed by atoms with E-state index in [1.807, 2.05) is 12.3 Å². The standard InChI is InChI=1S/C17H15Cl2N3O2S/c1-3-24-17(23)14-9(2)21-16(13-7-25-8-20-13)22-15(14)11-5-4-10(18)6-12(11)19/h4-8,15H,3H2,1-2H3,(H,21,22). The first-order valence-electron chi connectivity index (χ1n) is 7.57. The summed E-state index contributed by atoms with van der Waals surface area (Å²) in [5.74, 6) is 0.160. The number of ether oxygens (including phenoxy) is 1. The number of amidine groups is 1. The van der Waals surface area contributed by atoms with Crippen LogP contribution < -0.4 is 5.32 Å². The summed E-state index contributed by atoms with van der Waals surface area (Å²) in [5, 5.41) is 5.98. The van der Waals surface area contributed by atoms with Gasteiger partial charge >= 0.3 is 5.97 Å². The van der Waals surface area contributed by atoms with Crippen LogP contribution >= 0.6 is 34.5 Å². The maximum Gasteiger partial charge on any atom is 0.338 e. The van der Waals surface area contributed by atoms with Gasteiger partial charge in [0.2, 0.25) is 0 Å². The van der Waals surface area contributed by atoms with Crippen molar-refractivity contribution in [1.29, 1.82) is 0 Å². The van der Waals surface area contributed by atoms with Gasteiger partial charge in [-0.15, -0.1) is 11.3 Å². The Morgan fingerprint density at radius 1 is 1.40 bits per heavy atom. The molecule has 0 aliphatic carbocycles. The van der Waals surface area contributed by atoms with Gasteiger partial charge in [0, 0.05) is 26.7 Å². The quantitative estimate of drug-likeness (QED) is 0.780. The van der Waals surface area contributed by atoms with Crippen molar-refractivity contribution >= 4 is 46.3 Å². The van der Waals surface area contributed by atoms with Crippen LogP contribution in [0.4, 0.5) is 0 Å². The van der Waals surface area contributed by atoms with E-state index in [1.54, 1.807) is 30.6 Å². The lowest BCUT2D eigenvalue weighted by Gasteiger charge is -2.26. The number of allylic oxidation sites excluding steroid dienone is 1. The number of nitrogens with zero attached hydrogens (tertiary/aromatic N) is 2. The molecule has 130 valence electrons. The Bertz CT molecular complexity index is 863. The van der Waals surface area contributed by atoms with E-state index in [-0.39, 0.29) is 6.61 Å². The normalized spacial score (nSPS) is 17.1. The molecule has 0 saturated carbocycles. The molecule has 8 heteroatoms. The first kappa shape index (κ1) is 17.9. The fraction of sp³-hybridized carbons (Fsp3) is 0.235. The van der Waals surface area contributed by atoms with E-state index in [0.717, 1.165) is 0 Å². The van der Waals surface area contributed by atoms with Crippen molar-refractivity contribution in [3.63, 3.8) is 0 Å². The first-order valence-corrected chi connectivity index (χ1v) is 9.27. The molecule has 3 rings (SSSR count). The summed E-state index contributed by atoms with van der Waals surface area (Å²) in [6, 6.07) is 4.54. The predicted molar refractivity (Wildman–Crippen MR) is 100 cm³/mol. The molecular weight excluding hydrogens is 381 g/mol. The van der Waals surface area contributed by atoms with E-state index in [4.69, 9.17) is 27.9 Å². The van der Waals surface area contributed by atoms with E-state index in [1.165, 1.54) is 11.3 Å². The van der Waals surface area contributed by atoms with Gasteiger partial charge in [-0.3, -0.25) is 4.99 Å². The second kappa shape index (κ2) is 7.56. The third kappa shape index (κ3) is 3.71. The number of hydrogen-bond donors (Lipinski definition) is 1. The van der Waals surface area contributed by atoms with Crippen LogP contribution in [0.5, 0.6) is 0 Å². The summed E-state index contributed by atoms with van der Waals surface area (Å²) in [7, 11) is 0. The fourth-order valence-electron chi connectivity index (χ4n) is 2.56. The molecule has 0 spiro atoms. The zero-order valence-corrected chi connectivity index (χ0v) is 15.9. The highest BCUT2D eigenvalue weighted by Crippen LogP contribution is 2.37. The molecule has 1 unspecified atom stereocenters. The van der Waals surface area contributed by atoms with E-state index in [0.29, 0.717) is 38.4 Å². The SMILES string of the molecule is CCOC(=O)C1=C(C)NC(c2cscn2)=NC1c1ccc(Cl)cc1Cl. The molecule has 0 saturated heterocycles. The highest BCUT2D eigenvalue weighted by Gasteiger charge is 2.32. The molecule has 0 fully saturated rings. The molecule has 2 aromatic rings. The molecule has 0 radical (unpaired) electrons. The van der Waals surface area contributed by atoms with Crippen molar-refractivity contribution in [2.75, 3.05) is 6.61 Å². The van der Waals surface area contributed by atoms with Crippen LogP contribution in [0.1, 0.15) is 31.1 Å². The van der Waals surface area contributed by atoms with Gasteiger partial charge in [0.25, 0.3) is 0 Å². The number of carbonyl (C=O) groups excluding carboxylic acids is 1. The molecule has 0 bridgehead atoms. The smallest absolute Gasteiger partial charge is 0.338 e. The van der Waals surface area contributed by atoms with Gasteiger partial charge in [0.15, 0.2) is 5.84 Å². The Balaban J connectivity index is 2.11. The predicted octanol–water partition coefficient (Wildman–Crippen LogP) is 4.38. The molecule has 2 heterocycles. The first-order chi connectivity index (χ1) is 12.0. The fourth-order valence-corrected chi connectivity index (χ4v) is 3.61. The van der Waals surface area contributed by atoms with Gasteiger partial charge in [0.05, 0.1) is 17.7 Å². The number of nitrogens with one attached hydrogen (secondary N) is 1. The van der Waals surface area contributed by atoms with Crippen molar-refractivity contribution < 1.29 is 9.53 Å².